The Hall–Kier alpha value is -12.4. The van der Waals surface area contributed by atoms with Gasteiger partial charge in [0, 0.05) is 76.5 Å². The van der Waals surface area contributed by atoms with Crippen LogP contribution >= 0.6 is 0 Å². The van der Waals surface area contributed by atoms with E-state index in [2.05, 4.69) is 297 Å². The average Bonchev–Trinajstić information content (AvgIpc) is 0.760. The molecule has 0 aliphatic heterocycles. The molecule has 18 rings (SSSR count). The van der Waals surface area contributed by atoms with Crippen LogP contribution in [0.3, 0.4) is 0 Å². The Balaban J connectivity index is 0.631. The molecule has 0 amide bonds. The molecular weight excluding hydrogens is 1120 g/mol. The minimum absolute atomic E-state index is 0.682. The van der Waals surface area contributed by atoms with Crippen LogP contribution in [0.1, 0.15) is 0 Å². The normalized spacial score (nSPS) is 11.7. The second-order valence-electron chi connectivity index (χ2n) is 23.7. The number of benzene rings is 14. The summed E-state index contributed by atoms with van der Waals surface area (Å²) >= 11 is 0. The molecule has 0 radical (unpaired) electrons. The molecule has 0 aliphatic rings. The standard InChI is InChI=1S/C86H52N6/c1-2-14-53(15-3-1)54-30-42-63(43-31-54)85-89-78-25-13-9-21-72(78)82(92-85)60-38-40-62(41-39-60)84-74-51-48-66-52-65(47-49-68(66)80(74)70-19-7-11-23-76(70)88-84)57-32-44-64(45-33-57)86-90-77-24-12-8-20-71(77)81(91-86)59-34-26-55(27-35-59)56-28-36-61(37-29-56)83-73-50-46-58-16-4-5-17-67(58)79(73)69-18-6-10-22-75(69)87-83/h1-52H. The van der Waals surface area contributed by atoms with E-state index >= 15 is 0 Å². The largest absolute Gasteiger partial charge is 0.247 e. The van der Waals surface area contributed by atoms with Crippen LogP contribution in [0.4, 0.5) is 0 Å². The van der Waals surface area contributed by atoms with Crippen molar-refractivity contribution in [1.82, 2.24) is 29.9 Å². The van der Waals surface area contributed by atoms with Gasteiger partial charge in [-0.3, -0.25) is 0 Å². The van der Waals surface area contributed by atoms with Gasteiger partial charge in [0.25, 0.3) is 0 Å². The zero-order valence-electron chi connectivity index (χ0n) is 49.7. The van der Waals surface area contributed by atoms with Crippen molar-refractivity contribution < 1.29 is 0 Å². The third-order valence-corrected chi connectivity index (χ3v) is 18.3. The summed E-state index contributed by atoms with van der Waals surface area (Å²) in [6.45, 7) is 0. The van der Waals surface area contributed by atoms with E-state index in [1.165, 1.54) is 37.9 Å². The van der Waals surface area contributed by atoms with E-state index in [0.717, 1.165) is 138 Å². The zero-order valence-corrected chi connectivity index (χ0v) is 49.7. The van der Waals surface area contributed by atoms with Gasteiger partial charge in [-0.2, -0.15) is 0 Å². The molecule has 426 valence electrons. The highest BCUT2D eigenvalue weighted by Crippen LogP contribution is 2.42. The van der Waals surface area contributed by atoms with E-state index in [1.807, 2.05) is 18.2 Å². The highest BCUT2D eigenvalue weighted by atomic mass is 14.9. The minimum Gasteiger partial charge on any atom is -0.247 e. The van der Waals surface area contributed by atoms with E-state index in [-0.39, 0.29) is 0 Å². The van der Waals surface area contributed by atoms with Crippen molar-refractivity contribution in [1.29, 1.82) is 0 Å². The molecule has 0 bridgehead atoms. The van der Waals surface area contributed by atoms with Crippen molar-refractivity contribution in [3.8, 4) is 101 Å². The monoisotopic (exact) mass is 1170 g/mol. The lowest BCUT2D eigenvalue weighted by atomic mass is 9.93. The van der Waals surface area contributed by atoms with Crippen LogP contribution in [0, 0.1) is 0 Å². The average molecular weight is 1170 g/mol. The van der Waals surface area contributed by atoms with Crippen molar-refractivity contribution in [2.75, 3.05) is 0 Å². The number of fused-ring (bicyclic) bond motifs is 12. The number of pyridine rings is 2. The molecular formula is C86H52N6. The lowest BCUT2D eigenvalue weighted by molar-refractivity contribution is 1.23. The molecule has 0 saturated heterocycles. The summed E-state index contributed by atoms with van der Waals surface area (Å²) in [7, 11) is 0. The smallest absolute Gasteiger partial charge is 0.160 e. The van der Waals surface area contributed by atoms with E-state index in [0.29, 0.717) is 11.6 Å². The van der Waals surface area contributed by atoms with Crippen LogP contribution < -0.4 is 0 Å². The maximum Gasteiger partial charge on any atom is 0.160 e. The summed E-state index contributed by atoms with van der Waals surface area (Å²) < 4.78 is 0. The number of para-hydroxylation sites is 4. The van der Waals surface area contributed by atoms with E-state index < -0.39 is 0 Å². The third kappa shape index (κ3) is 9.11. The van der Waals surface area contributed by atoms with Crippen molar-refractivity contribution in [3.63, 3.8) is 0 Å². The number of nitrogens with zero attached hydrogens (tertiary/aromatic N) is 6. The highest BCUT2D eigenvalue weighted by Gasteiger charge is 2.19. The summed E-state index contributed by atoms with van der Waals surface area (Å²) in [6.07, 6.45) is 0. The molecule has 0 atom stereocenters. The summed E-state index contributed by atoms with van der Waals surface area (Å²) in [5.74, 6) is 1.38. The van der Waals surface area contributed by atoms with Gasteiger partial charge >= 0.3 is 0 Å². The number of rotatable bonds is 9. The van der Waals surface area contributed by atoms with Crippen LogP contribution in [0.25, 0.3) is 188 Å². The Morgan fingerprint density at radius 2 is 0.446 bits per heavy atom. The highest BCUT2D eigenvalue weighted by molar-refractivity contribution is 6.24. The molecule has 4 heterocycles. The molecule has 0 unspecified atom stereocenters. The second kappa shape index (κ2) is 21.7. The molecule has 14 aromatic carbocycles. The van der Waals surface area contributed by atoms with Gasteiger partial charge in [-0.15, -0.1) is 0 Å². The third-order valence-electron chi connectivity index (χ3n) is 18.3. The van der Waals surface area contributed by atoms with Gasteiger partial charge in [0.1, 0.15) is 0 Å². The first-order valence-electron chi connectivity index (χ1n) is 31.1. The molecule has 6 heteroatoms. The fourth-order valence-corrected chi connectivity index (χ4v) is 13.7. The molecule has 0 N–H and O–H groups in total. The number of aromatic nitrogens is 6. The Morgan fingerprint density at radius 3 is 0.902 bits per heavy atom. The van der Waals surface area contributed by atoms with Gasteiger partial charge in [0.05, 0.1) is 44.8 Å². The lowest BCUT2D eigenvalue weighted by Gasteiger charge is -2.14. The first-order chi connectivity index (χ1) is 45.6. The molecule has 92 heavy (non-hydrogen) atoms. The fourth-order valence-electron chi connectivity index (χ4n) is 13.7. The van der Waals surface area contributed by atoms with Crippen molar-refractivity contribution in [2.24, 2.45) is 0 Å². The molecule has 0 fully saturated rings. The van der Waals surface area contributed by atoms with E-state index in [9.17, 15) is 0 Å². The van der Waals surface area contributed by atoms with Gasteiger partial charge in [-0.1, -0.05) is 285 Å². The zero-order chi connectivity index (χ0) is 60.6. The van der Waals surface area contributed by atoms with Crippen LogP contribution in [0.5, 0.6) is 0 Å². The summed E-state index contributed by atoms with van der Waals surface area (Å²) in [5, 5.41) is 13.8. The van der Waals surface area contributed by atoms with E-state index in [1.54, 1.807) is 0 Å². The number of hydrogen-bond acceptors (Lipinski definition) is 6. The van der Waals surface area contributed by atoms with Crippen LogP contribution in [0.2, 0.25) is 0 Å². The topological polar surface area (TPSA) is 77.3 Å². The van der Waals surface area contributed by atoms with Crippen molar-refractivity contribution in [2.45, 2.75) is 0 Å². The molecule has 0 aliphatic carbocycles. The number of hydrogen-bond donors (Lipinski definition) is 0. The van der Waals surface area contributed by atoms with Crippen LogP contribution in [-0.4, -0.2) is 29.9 Å². The molecule has 4 aromatic heterocycles. The Bertz CT molecular complexity index is 5930. The summed E-state index contributed by atoms with van der Waals surface area (Å²) in [4.78, 5) is 31.3. The fraction of sp³-hybridized carbons (Fsp3) is 0. The second-order valence-corrected chi connectivity index (χ2v) is 23.7. The van der Waals surface area contributed by atoms with Gasteiger partial charge in [0.15, 0.2) is 11.6 Å². The SMILES string of the molecule is c1ccc(-c2ccc(-c3nc(-c4ccc(-c5nc6ccccc6c6c5ccc5cc(-c7ccc(-c8nc(-c9ccc(-c%10ccc(-c%11nc%12ccccc%12c%12c%11ccc%11ccccc%11%12)cc%10)cc9)c9ccccc9n8)cc7)ccc56)cc4)c4ccccc4n3)cc2)cc1. The molecule has 0 spiro atoms. The van der Waals surface area contributed by atoms with Gasteiger partial charge in [-0.25, -0.2) is 29.9 Å². The van der Waals surface area contributed by atoms with E-state index in [4.69, 9.17) is 29.9 Å². The maximum atomic E-state index is 5.36. The van der Waals surface area contributed by atoms with Crippen molar-refractivity contribution in [3.05, 3.63) is 315 Å². The lowest BCUT2D eigenvalue weighted by Crippen LogP contribution is -1.95. The van der Waals surface area contributed by atoms with Gasteiger partial charge in [-0.05, 0) is 85.3 Å². The minimum atomic E-state index is 0.682. The molecule has 18 aromatic rings. The first kappa shape index (κ1) is 52.7. The Kier molecular flexibility index (Phi) is 12.5. The van der Waals surface area contributed by atoms with Gasteiger partial charge in [0.2, 0.25) is 0 Å². The van der Waals surface area contributed by atoms with Crippen LogP contribution in [0.15, 0.2) is 315 Å². The Morgan fingerprint density at radius 1 is 0.152 bits per heavy atom. The van der Waals surface area contributed by atoms with Crippen LogP contribution in [-0.2, 0) is 0 Å². The first-order valence-corrected chi connectivity index (χ1v) is 31.1. The summed E-state index contributed by atoms with van der Waals surface area (Å²) in [5.41, 5.74) is 20.4. The maximum absolute atomic E-state index is 5.36. The predicted octanol–water partition coefficient (Wildman–Crippen LogP) is 22.3. The summed E-state index contributed by atoms with van der Waals surface area (Å²) in [6, 6.07) is 112. The quantitative estimate of drug-likeness (QED) is 0.134. The molecule has 0 saturated carbocycles. The molecule has 6 nitrogen and oxygen atoms in total. The van der Waals surface area contributed by atoms with Gasteiger partial charge < -0.3 is 0 Å². The van der Waals surface area contributed by atoms with Crippen molar-refractivity contribution >= 4 is 86.7 Å². The Labute approximate surface area is 530 Å². The predicted molar refractivity (Wildman–Crippen MR) is 382 cm³/mol.